The first kappa shape index (κ1) is 31.8. The van der Waals surface area contributed by atoms with Gasteiger partial charge in [0.15, 0.2) is 11.6 Å². The van der Waals surface area contributed by atoms with Gasteiger partial charge in [-0.1, -0.05) is 86.6 Å². The summed E-state index contributed by atoms with van der Waals surface area (Å²) in [6, 6.07) is 21.7. The second-order valence-corrected chi connectivity index (χ2v) is 17.0. The van der Waals surface area contributed by atoms with Crippen LogP contribution in [0.25, 0.3) is 0 Å². The molecule has 6 nitrogen and oxygen atoms in total. The average Bonchev–Trinajstić information content (AvgIpc) is 3.32. The van der Waals surface area contributed by atoms with E-state index in [1.807, 2.05) is 55.1 Å². The zero-order chi connectivity index (χ0) is 31.8. The van der Waals surface area contributed by atoms with Crippen molar-refractivity contribution in [1.82, 2.24) is 5.16 Å². The predicted molar refractivity (Wildman–Crippen MR) is 170 cm³/mol. The fourth-order valence-electron chi connectivity index (χ4n) is 6.54. The number of carbonyl (C=O) groups excluding carboxylic acids is 1. The van der Waals surface area contributed by atoms with E-state index in [0.29, 0.717) is 24.3 Å². The lowest BCUT2D eigenvalue weighted by Crippen LogP contribution is -2.66. The zero-order valence-corrected chi connectivity index (χ0v) is 27.4. The molecule has 44 heavy (non-hydrogen) atoms. The molecule has 0 bridgehead atoms. The maximum atomic E-state index is 16.4. The van der Waals surface area contributed by atoms with Crippen LogP contribution in [0, 0.1) is 25.5 Å². The molecule has 0 N–H and O–H groups in total. The standard InChI is InChI=1S/C35H40F2N2O4Si/c1-22-19-39(20-23(2)42-22)33-26(18-29(31(36)32(33)37)34(40)30-24(3)38-43-25(30)4)21-41-44(35(5,6)7,27-14-10-8-11-15-27)28-16-12-9-13-17-28/h8-18,22-23H,19-21H2,1-7H3. The number of rotatable bonds is 8. The van der Waals surface area contributed by atoms with Crippen molar-refractivity contribution in [3.8, 4) is 0 Å². The van der Waals surface area contributed by atoms with Crippen molar-refractivity contribution < 1.29 is 27.3 Å². The Bertz CT molecular complexity index is 1570. The van der Waals surface area contributed by atoms with Crippen molar-refractivity contribution in [2.45, 2.75) is 72.3 Å². The van der Waals surface area contributed by atoms with Crippen molar-refractivity contribution in [3.05, 3.63) is 107 Å². The van der Waals surface area contributed by atoms with E-state index in [9.17, 15) is 4.79 Å². The van der Waals surface area contributed by atoms with Crippen molar-refractivity contribution >= 4 is 30.2 Å². The summed E-state index contributed by atoms with van der Waals surface area (Å²) in [7, 11) is -3.05. The summed E-state index contributed by atoms with van der Waals surface area (Å²) < 4.78 is 50.6. The number of carbonyl (C=O) groups is 1. The number of benzene rings is 3. The molecule has 232 valence electrons. The van der Waals surface area contributed by atoms with Crippen molar-refractivity contribution in [2.24, 2.45) is 0 Å². The highest BCUT2D eigenvalue weighted by molar-refractivity contribution is 6.99. The first-order valence-corrected chi connectivity index (χ1v) is 16.9. The molecule has 0 amide bonds. The minimum Gasteiger partial charge on any atom is -0.403 e. The third kappa shape index (κ3) is 5.76. The van der Waals surface area contributed by atoms with Crippen LogP contribution < -0.4 is 15.3 Å². The van der Waals surface area contributed by atoms with E-state index in [0.717, 1.165) is 10.4 Å². The van der Waals surface area contributed by atoms with Gasteiger partial charge in [0.25, 0.3) is 8.32 Å². The van der Waals surface area contributed by atoms with Gasteiger partial charge in [-0.15, -0.1) is 0 Å². The molecule has 4 aromatic rings. The number of aromatic nitrogens is 1. The molecular weight excluding hydrogens is 578 g/mol. The van der Waals surface area contributed by atoms with E-state index in [4.69, 9.17) is 13.7 Å². The summed E-state index contributed by atoms with van der Waals surface area (Å²) in [4.78, 5) is 15.5. The number of morpholine rings is 1. The third-order valence-corrected chi connectivity index (χ3v) is 13.3. The molecule has 1 fully saturated rings. The molecule has 1 aliphatic rings. The summed E-state index contributed by atoms with van der Waals surface area (Å²) in [5.41, 5.74) is 0.558. The minimum absolute atomic E-state index is 0.0399. The van der Waals surface area contributed by atoms with Crippen molar-refractivity contribution in [1.29, 1.82) is 0 Å². The fourth-order valence-corrected chi connectivity index (χ4v) is 11.1. The Labute approximate surface area is 259 Å². The van der Waals surface area contributed by atoms with Crippen LogP contribution in [-0.2, 0) is 15.8 Å². The van der Waals surface area contributed by atoms with Gasteiger partial charge in [0.05, 0.1) is 41.3 Å². The number of halogens is 2. The van der Waals surface area contributed by atoms with Gasteiger partial charge >= 0.3 is 0 Å². The van der Waals surface area contributed by atoms with Gasteiger partial charge in [0.2, 0.25) is 5.78 Å². The lowest BCUT2D eigenvalue weighted by molar-refractivity contribution is -0.00553. The Morgan fingerprint density at radius 1 is 0.955 bits per heavy atom. The summed E-state index contributed by atoms with van der Waals surface area (Å²) in [5, 5.41) is 5.63. The first-order chi connectivity index (χ1) is 20.8. The monoisotopic (exact) mass is 618 g/mol. The van der Waals surface area contributed by atoms with E-state index < -0.39 is 25.7 Å². The Morgan fingerprint density at radius 3 is 1.98 bits per heavy atom. The minimum atomic E-state index is -3.05. The summed E-state index contributed by atoms with van der Waals surface area (Å²) >= 11 is 0. The molecule has 0 aliphatic carbocycles. The van der Waals surface area contributed by atoms with Crippen LogP contribution in [0.15, 0.2) is 71.3 Å². The topological polar surface area (TPSA) is 64.8 Å². The number of anilines is 1. The molecule has 1 saturated heterocycles. The van der Waals surface area contributed by atoms with Crippen molar-refractivity contribution in [2.75, 3.05) is 18.0 Å². The van der Waals surface area contributed by atoms with E-state index in [1.54, 1.807) is 13.8 Å². The number of ether oxygens (including phenoxy) is 1. The van der Waals surface area contributed by atoms with E-state index >= 15 is 8.78 Å². The van der Waals surface area contributed by atoms with E-state index in [-0.39, 0.29) is 46.4 Å². The van der Waals surface area contributed by atoms with Gasteiger partial charge in [-0.05, 0) is 49.2 Å². The molecule has 0 spiro atoms. The van der Waals surface area contributed by atoms with Crippen LogP contribution in [0.4, 0.5) is 14.5 Å². The van der Waals surface area contributed by atoms with Gasteiger partial charge in [-0.2, -0.15) is 0 Å². The Morgan fingerprint density at radius 2 is 1.50 bits per heavy atom. The smallest absolute Gasteiger partial charge is 0.261 e. The Kier molecular flexibility index (Phi) is 8.93. The Balaban J connectivity index is 1.70. The predicted octanol–water partition coefficient (Wildman–Crippen LogP) is 6.49. The number of hydrogen-bond acceptors (Lipinski definition) is 6. The van der Waals surface area contributed by atoms with Gasteiger partial charge in [-0.25, -0.2) is 8.78 Å². The highest BCUT2D eigenvalue weighted by atomic mass is 28.4. The molecule has 0 saturated carbocycles. The quantitative estimate of drug-likeness (QED) is 0.166. The van der Waals surface area contributed by atoms with Gasteiger partial charge in [-0.3, -0.25) is 4.79 Å². The first-order valence-electron chi connectivity index (χ1n) is 15.0. The second kappa shape index (κ2) is 12.4. The van der Waals surface area contributed by atoms with E-state index in [2.05, 4.69) is 50.2 Å². The maximum Gasteiger partial charge on any atom is 0.261 e. The zero-order valence-electron chi connectivity index (χ0n) is 26.4. The van der Waals surface area contributed by atoms with Crippen LogP contribution in [-0.4, -0.2) is 44.6 Å². The van der Waals surface area contributed by atoms with Gasteiger partial charge < -0.3 is 18.6 Å². The molecule has 9 heteroatoms. The molecule has 5 rings (SSSR count). The largest absolute Gasteiger partial charge is 0.403 e. The number of nitrogens with zero attached hydrogens (tertiary/aromatic N) is 2. The van der Waals surface area contributed by atoms with E-state index in [1.165, 1.54) is 6.07 Å². The summed E-state index contributed by atoms with van der Waals surface area (Å²) in [6.07, 6.45) is -0.398. The molecule has 3 aromatic carbocycles. The Hall–Kier alpha value is -3.66. The molecule has 1 aromatic heterocycles. The second-order valence-electron chi connectivity index (χ2n) is 12.7. The third-order valence-electron chi connectivity index (χ3n) is 8.36. The highest BCUT2D eigenvalue weighted by Crippen LogP contribution is 2.39. The lowest BCUT2D eigenvalue weighted by atomic mass is 9.97. The fraction of sp³-hybridized carbons (Fsp3) is 0.371. The SMILES string of the molecule is Cc1noc(C)c1C(=O)c1cc(CO[Si](c2ccccc2)(c2ccccc2)C(C)(C)C)c(N2CC(C)OC(C)C2)c(F)c1F. The number of ketones is 1. The highest BCUT2D eigenvalue weighted by Gasteiger charge is 2.50. The molecule has 2 unspecified atom stereocenters. The van der Waals surface area contributed by atoms with Crippen LogP contribution >= 0.6 is 0 Å². The number of aryl methyl sites for hydroxylation is 2. The average molecular weight is 619 g/mol. The lowest BCUT2D eigenvalue weighted by Gasteiger charge is -2.43. The molecular formula is C35H40F2N2O4Si. The molecule has 2 heterocycles. The molecule has 2 atom stereocenters. The molecule has 1 aliphatic heterocycles. The summed E-state index contributed by atoms with van der Waals surface area (Å²) in [6.45, 7) is 14.2. The van der Waals surface area contributed by atoms with Crippen LogP contribution in [0.3, 0.4) is 0 Å². The van der Waals surface area contributed by atoms with Crippen LogP contribution in [0.5, 0.6) is 0 Å². The van der Waals surface area contributed by atoms with Gasteiger partial charge in [0.1, 0.15) is 5.76 Å². The van der Waals surface area contributed by atoms with Crippen LogP contribution in [0.2, 0.25) is 5.04 Å². The van der Waals surface area contributed by atoms with Gasteiger partial charge in [0, 0.05) is 18.7 Å². The van der Waals surface area contributed by atoms with Crippen LogP contribution in [0.1, 0.15) is 67.6 Å². The number of hydrogen-bond donors (Lipinski definition) is 0. The molecule has 0 radical (unpaired) electrons. The maximum absolute atomic E-state index is 16.4. The summed E-state index contributed by atoms with van der Waals surface area (Å²) in [5.74, 6) is -2.71. The van der Waals surface area contributed by atoms with Crippen molar-refractivity contribution in [3.63, 3.8) is 0 Å². The normalized spacial score (nSPS) is 17.6.